The predicted molar refractivity (Wildman–Crippen MR) is 256 cm³/mol. The Hall–Kier alpha value is -8.61. The van der Waals surface area contributed by atoms with Crippen LogP contribution in [0.1, 0.15) is 0 Å². The molecule has 0 aliphatic carbocycles. The fourth-order valence-corrected chi connectivity index (χ4v) is 9.39. The largest absolute Gasteiger partial charge is 0.456 e. The first-order valence-electron chi connectivity index (χ1n) is 21.1. The van der Waals surface area contributed by atoms with Gasteiger partial charge in [0, 0.05) is 49.2 Å². The van der Waals surface area contributed by atoms with Gasteiger partial charge in [-0.25, -0.2) is 15.0 Å². The van der Waals surface area contributed by atoms with Crippen molar-refractivity contribution in [3.63, 3.8) is 0 Å². The van der Waals surface area contributed by atoms with Crippen LogP contribution in [0.25, 0.3) is 128 Å². The van der Waals surface area contributed by atoms with E-state index < -0.39 is 0 Å². The predicted octanol–water partition coefficient (Wildman–Crippen LogP) is 15.1. The fraction of sp³-hybridized carbons (Fsp3) is 0. The third-order valence-corrected chi connectivity index (χ3v) is 12.3. The molecule has 6 heteroatoms. The summed E-state index contributed by atoms with van der Waals surface area (Å²) in [5, 5.41) is 6.66. The van der Waals surface area contributed by atoms with E-state index in [4.69, 9.17) is 23.8 Å². The smallest absolute Gasteiger partial charge is 0.164 e. The van der Waals surface area contributed by atoms with Crippen molar-refractivity contribution >= 4 is 65.7 Å². The lowest BCUT2D eigenvalue weighted by molar-refractivity contribution is 0.669. The molecule has 4 heterocycles. The Labute approximate surface area is 361 Å². The first-order chi connectivity index (χ1) is 31.2. The molecule has 9 aromatic carbocycles. The van der Waals surface area contributed by atoms with E-state index in [0.29, 0.717) is 17.5 Å². The van der Waals surface area contributed by atoms with Gasteiger partial charge in [0.05, 0.1) is 22.1 Å². The van der Waals surface area contributed by atoms with Crippen LogP contribution in [0.3, 0.4) is 0 Å². The Bertz CT molecular complexity index is 3790. The molecule has 0 aliphatic heterocycles. The Morgan fingerprint density at radius 3 is 1.44 bits per heavy atom. The molecule has 0 saturated heterocycles. The van der Waals surface area contributed by atoms with Gasteiger partial charge in [-0.1, -0.05) is 158 Å². The Balaban J connectivity index is 1.06. The summed E-state index contributed by atoms with van der Waals surface area (Å²) in [5.41, 5.74) is 13.7. The minimum atomic E-state index is 0.611. The highest BCUT2D eigenvalue weighted by atomic mass is 16.3. The maximum atomic E-state index is 6.83. The summed E-state index contributed by atoms with van der Waals surface area (Å²) in [6.45, 7) is 0. The Morgan fingerprint density at radius 1 is 0.302 bits per heavy atom. The third-order valence-electron chi connectivity index (χ3n) is 12.3. The molecule has 6 nitrogen and oxygen atoms in total. The van der Waals surface area contributed by atoms with Crippen molar-refractivity contribution in [2.45, 2.75) is 0 Å². The van der Waals surface area contributed by atoms with E-state index in [1.807, 2.05) is 72.8 Å². The van der Waals surface area contributed by atoms with Gasteiger partial charge in [0.15, 0.2) is 17.5 Å². The number of fused-ring (bicyclic) bond motifs is 9. The summed E-state index contributed by atoms with van der Waals surface area (Å²) in [6, 6.07) is 71.6. The number of nitrogens with zero attached hydrogens (tertiary/aromatic N) is 4. The van der Waals surface area contributed by atoms with E-state index in [2.05, 4.69) is 138 Å². The van der Waals surface area contributed by atoms with Crippen LogP contribution in [0.15, 0.2) is 215 Å². The Kier molecular flexibility index (Phi) is 7.80. The molecule has 0 N–H and O–H groups in total. The molecule has 294 valence electrons. The fourth-order valence-electron chi connectivity index (χ4n) is 9.39. The lowest BCUT2D eigenvalue weighted by atomic mass is 9.94. The highest BCUT2D eigenvalue weighted by Gasteiger charge is 2.24. The molecule has 0 aliphatic rings. The molecule has 0 atom stereocenters. The summed E-state index contributed by atoms with van der Waals surface area (Å²) >= 11 is 0. The molecule has 0 bridgehead atoms. The Morgan fingerprint density at radius 2 is 0.778 bits per heavy atom. The van der Waals surface area contributed by atoms with Gasteiger partial charge < -0.3 is 13.4 Å². The molecular weight excluding hydrogens is 773 g/mol. The van der Waals surface area contributed by atoms with Gasteiger partial charge in [-0.05, 0) is 65.2 Å². The average Bonchev–Trinajstić information content (AvgIpc) is 4.04. The van der Waals surface area contributed by atoms with E-state index in [1.165, 1.54) is 10.8 Å². The van der Waals surface area contributed by atoms with Crippen LogP contribution >= 0.6 is 0 Å². The molecule has 0 fully saturated rings. The molecule has 0 unspecified atom stereocenters. The van der Waals surface area contributed by atoms with Crippen LogP contribution in [-0.4, -0.2) is 19.5 Å². The zero-order valence-electron chi connectivity index (χ0n) is 33.7. The van der Waals surface area contributed by atoms with Crippen LogP contribution < -0.4 is 0 Å². The number of benzene rings is 9. The van der Waals surface area contributed by atoms with Crippen LogP contribution in [-0.2, 0) is 0 Å². The normalized spacial score (nSPS) is 11.8. The van der Waals surface area contributed by atoms with Crippen molar-refractivity contribution in [3.8, 4) is 62.1 Å². The molecule has 63 heavy (non-hydrogen) atoms. The quantitative estimate of drug-likeness (QED) is 0.167. The zero-order chi connectivity index (χ0) is 41.4. The topological polar surface area (TPSA) is 69.9 Å². The second-order valence-electron chi connectivity index (χ2n) is 15.9. The number of aromatic nitrogens is 4. The van der Waals surface area contributed by atoms with Crippen molar-refractivity contribution < 1.29 is 8.83 Å². The number of furan rings is 2. The highest BCUT2D eigenvalue weighted by molar-refractivity contribution is 6.20. The van der Waals surface area contributed by atoms with E-state index >= 15 is 0 Å². The molecule has 13 aromatic rings. The van der Waals surface area contributed by atoms with Crippen LogP contribution in [0, 0.1) is 0 Å². The van der Waals surface area contributed by atoms with E-state index in [-0.39, 0.29) is 0 Å². The van der Waals surface area contributed by atoms with Crippen LogP contribution in [0.5, 0.6) is 0 Å². The summed E-state index contributed by atoms with van der Waals surface area (Å²) in [4.78, 5) is 15.0. The number of hydrogen-bond donors (Lipinski definition) is 0. The molecular formula is C57H34N4O2. The van der Waals surface area contributed by atoms with Gasteiger partial charge in [0.25, 0.3) is 0 Å². The van der Waals surface area contributed by atoms with Crippen LogP contribution in [0.4, 0.5) is 0 Å². The van der Waals surface area contributed by atoms with Gasteiger partial charge >= 0.3 is 0 Å². The maximum Gasteiger partial charge on any atom is 0.164 e. The van der Waals surface area contributed by atoms with Crippen molar-refractivity contribution in [1.29, 1.82) is 0 Å². The van der Waals surface area contributed by atoms with Crippen molar-refractivity contribution in [2.24, 2.45) is 0 Å². The summed E-state index contributed by atoms with van der Waals surface area (Å²) in [7, 11) is 0. The number of rotatable bonds is 6. The minimum absolute atomic E-state index is 0.611. The lowest BCUT2D eigenvalue weighted by Crippen LogP contribution is -2.00. The summed E-state index contributed by atoms with van der Waals surface area (Å²) in [5.74, 6) is 1.87. The van der Waals surface area contributed by atoms with Crippen molar-refractivity contribution in [3.05, 3.63) is 206 Å². The van der Waals surface area contributed by atoms with Gasteiger partial charge in [0.2, 0.25) is 0 Å². The molecule has 0 radical (unpaired) electrons. The second kappa shape index (κ2) is 14.0. The summed E-state index contributed by atoms with van der Waals surface area (Å²) in [6.07, 6.45) is 0. The first kappa shape index (κ1) is 35.2. The zero-order valence-corrected chi connectivity index (χ0v) is 33.7. The molecule has 4 aromatic heterocycles. The third kappa shape index (κ3) is 5.62. The van der Waals surface area contributed by atoms with Gasteiger partial charge in [-0.3, -0.25) is 0 Å². The summed E-state index contributed by atoms with van der Waals surface area (Å²) < 4.78 is 15.5. The maximum absolute atomic E-state index is 6.83. The highest BCUT2D eigenvalue weighted by Crippen LogP contribution is 2.46. The van der Waals surface area contributed by atoms with Gasteiger partial charge in [-0.2, -0.15) is 0 Å². The average molecular weight is 807 g/mol. The van der Waals surface area contributed by atoms with Gasteiger partial charge in [0.1, 0.15) is 22.3 Å². The van der Waals surface area contributed by atoms with Crippen molar-refractivity contribution in [2.75, 3.05) is 0 Å². The van der Waals surface area contributed by atoms with Gasteiger partial charge in [-0.15, -0.1) is 0 Å². The molecule has 0 saturated carbocycles. The number of para-hydroxylation sites is 3. The monoisotopic (exact) mass is 806 g/mol. The van der Waals surface area contributed by atoms with E-state index in [9.17, 15) is 0 Å². The molecule has 13 rings (SSSR count). The second-order valence-corrected chi connectivity index (χ2v) is 15.9. The lowest BCUT2D eigenvalue weighted by Gasteiger charge is -2.17. The first-order valence-corrected chi connectivity index (χ1v) is 21.1. The SMILES string of the molecule is c1ccc(-c2nc(-c3ccccc3)nc(-c3ccc(-c4ccc5oc6cccc(-c7ccc8oc9ccccc9c8c7)c6c5c4-n4c5ccccc5c5ccccc54)cc3)n2)cc1. The van der Waals surface area contributed by atoms with Crippen molar-refractivity contribution in [1.82, 2.24) is 19.5 Å². The van der Waals surface area contributed by atoms with E-state index in [0.717, 1.165) is 99.5 Å². The van der Waals surface area contributed by atoms with Crippen LogP contribution in [0.2, 0.25) is 0 Å². The molecule has 0 spiro atoms. The molecule has 0 amide bonds. The standard InChI is InChI=1S/C57H34N4O2/c1-3-14-36(15-4-1)55-58-56(37-16-5-2-6-17-37)60-57(59-55)38-28-26-35(27-29-38)41-31-33-51-53(54(41)61-46-22-10-7-18-42(46)43-19-8-11-23-47(43)61)52-40(21-13-25-50(52)63-51)39-30-32-49-45(34-39)44-20-9-12-24-48(44)62-49/h1-34H. The van der Waals surface area contributed by atoms with E-state index in [1.54, 1.807) is 0 Å². The minimum Gasteiger partial charge on any atom is -0.456 e. The number of hydrogen-bond acceptors (Lipinski definition) is 5.